The highest BCUT2D eigenvalue weighted by Crippen LogP contribution is 2.23. The molecule has 0 radical (unpaired) electrons. The maximum absolute atomic E-state index is 12.3. The summed E-state index contributed by atoms with van der Waals surface area (Å²) in [5.74, 6) is 0.954. The summed E-state index contributed by atoms with van der Waals surface area (Å²) in [6.07, 6.45) is 2.25. The molecule has 1 saturated heterocycles. The van der Waals surface area contributed by atoms with E-state index in [-0.39, 0.29) is 5.91 Å². The largest absolute Gasteiger partial charge is 0.376 e. The highest BCUT2D eigenvalue weighted by atomic mass is 16.2. The van der Waals surface area contributed by atoms with Gasteiger partial charge in [0, 0.05) is 24.2 Å². The van der Waals surface area contributed by atoms with E-state index in [0.717, 1.165) is 37.5 Å². The van der Waals surface area contributed by atoms with E-state index in [2.05, 4.69) is 30.4 Å². The molecule has 0 atom stereocenters. The average Bonchev–Trinajstić information content (AvgIpc) is 2.53. The van der Waals surface area contributed by atoms with Gasteiger partial charge in [-0.15, -0.1) is 0 Å². The van der Waals surface area contributed by atoms with Gasteiger partial charge in [0.1, 0.15) is 0 Å². The number of fused-ring (bicyclic) bond motifs is 1. The first-order valence-corrected chi connectivity index (χ1v) is 7.73. The van der Waals surface area contributed by atoms with E-state index in [1.807, 2.05) is 29.2 Å². The number of amides is 1. The summed E-state index contributed by atoms with van der Waals surface area (Å²) in [7, 11) is 0. The Morgan fingerprint density at radius 2 is 1.86 bits per heavy atom. The second kappa shape index (κ2) is 6.17. The summed E-state index contributed by atoms with van der Waals surface area (Å²) in [5.41, 5.74) is 1.03. The summed E-state index contributed by atoms with van der Waals surface area (Å²) in [6.45, 7) is 4.44. The van der Waals surface area contributed by atoms with Crippen molar-refractivity contribution in [2.75, 3.05) is 25.0 Å². The molecule has 3 rings (SSSR count). The third-order valence-electron chi connectivity index (χ3n) is 4.36. The quantitative estimate of drug-likeness (QED) is 0.934. The first-order chi connectivity index (χ1) is 10.2. The number of rotatable bonds is 3. The van der Waals surface area contributed by atoms with Crippen LogP contribution in [0.3, 0.4) is 0 Å². The minimum Gasteiger partial charge on any atom is -0.376 e. The number of anilines is 1. The number of hydrogen-bond acceptors (Lipinski definition) is 2. The summed E-state index contributed by atoms with van der Waals surface area (Å²) < 4.78 is 0. The smallest absolute Gasteiger partial charge is 0.241 e. The molecule has 0 aliphatic carbocycles. The fourth-order valence-electron chi connectivity index (χ4n) is 2.92. The molecule has 0 aromatic heterocycles. The predicted molar refractivity (Wildman–Crippen MR) is 87.4 cm³/mol. The second-order valence-electron chi connectivity index (χ2n) is 5.94. The average molecular weight is 282 g/mol. The molecule has 21 heavy (non-hydrogen) atoms. The SMILES string of the molecule is CC1CCN(C(=O)CNc2cccc3ccccc23)CC1. The molecule has 3 heteroatoms. The van der Waals surface area contributed by atoms with E-state index in [0.29, 0.717) is 6.54 Å². The molecule has 1 amide bonds. The number of hydrogen-bond donors (Lipinski definition) is 1. The van der Waals surface area contributed by atoms with Crippen molar-refractivity contribution in [1.82, 2.24) is 4.90 Å². The molecule has 2 aromatic rings. The minimum absolute atomic E-state index is 0.204. The van der Waals surface area contributed by atoms with Crippen molar-refractivity contribution in [1.29, 1.82) is 0 Å². The molecule has 2 aromatic carbocycles. The Kier molecular flexibility index (Phi) is 4.09. The highest BCUT2D eigenvalue weighted by molar-refractivity contribution is 5.95. The van der Waals surface area contributed by atoms with E-state index < -0.39 is 0 Å². The van der Waals surface area contributed by atoms with Crippen LogP contribution in [0.15, 0.2) is 42.5 Å². The van der Waals surface area contributed by atoms with Gasteiger partial charge in [0.2, 0.25) is 5.91 Å². The van der Waals surface area contributed by atoms with E-state index >= 15 is 0 Å². The molecule has 1 heterocycles. The molecule has 0 saturated carbocycles. The lowest BCUT2D eigenvalue weighted by atomic mass is 9.99. The fourth-order valence-corrected chi connectivity index (χ4v) is 2.92. The number of nitrogens with one attached hydrogen (secondary N) is 1. The van der Waals surface area contributed by atoms with Crippen molar-refractivity contribution in [3.05, 3.63) is 42.5 Å². The summed E-state index contributed by atoms with van der Waals surface area (Å²) in [4.78, 5) is 14.3. The highest BCUT2D eigenvalue weighted by Gasteiger charge is 2.19. The third-order valence-corrected chi connectivity index (χ3v) is 4.36. The van der Waals surface area contributed by atoms with Crippen molar-refractivity contribution in [3.63, 3.8) is 0 Å². The Balaban J connectivity index is 1.65. The van der Waals surface area contributed by atoms with Gasteiger partial charge < -0.3 is 10.2 Å². The number of nitrogens with zero attached hydrogens (tertiary/aromatic N) is 1. The Bertz CT molecular complexity index is 625. The van der Waals surface area contributed by atoms with Crippen LogP contribution in [0.1, 0.15) is 19.8 Å². The van der Waals surface area contributed by atoms with Gasteiger partial charge in [0.15, 0.2) is 0 Å². The topological polar surface area (TPSA) is 32.3 Å². The van der Waals surface area contributed by atoms with Crippen LogP contribution in [0.4, 0.5) is 5.69 Å². The molecule has 1 N–H and O–H groups in total. The molecule has 1 aliphatic heterocycles. The standard InChI is InChI=1S/C18H22N2O/c1-14-9-11-20(12-10-14)18(21)13-19-17-8-4-6-15-5-2-3-7-16(15)17/h2-8,14,19H,9-13H2,1H3. The molecule has 3 nitrogen and oxygen atoms in total. The number of piperidine rings is 1. The first kappa shape index (κ1) is 13.9. The van der Waals surface area contributed by atoms with Gasteiger partial charge in [0.25, 0.3) is 0 Å². The van der Waals surface area contributed by atoms with Gasteiger partial charge in [-0.1, -0.05) is 43.3 Å². The van der Waals surface area contributed by atoms with E-state index in [1.165, 1.54) is 10.8 Å². The Hall–Kier alpha value is -2.03. The maximum atomic E-state index is 12.3. The summed E-state index contributed by atoms with van der Waals surface area (Å²) >= 11 is 0. The summed E-state index contributed by atoms with van der Waals surface area (Å²) in [5, 5.41) is 5.67. The molecule has 110 valence electrons. The molecular weight excluding hydrogens is 260 g/mol. The van der Waals surface area contributed by atoms with Crippen molar-refractivity contribution in [2.45, 2.75) is 19.8 Å². The molecule has 0 spiro atoms. The second-order valence-corrected chi connectivity index (χ2v) is 5.94. The van der Waals surface area contributed by atoms with Crippen molar-refractivity contribution >= 4 is 22.4 Å². The lowest BCUT2D eigenvalue weighted by Crippen LogP contribution is -2.40. The van der Waals surface area contributed by atoms with Crippen LogP contribution in [-0.2, 0) is 4.79 Å². The first-order valence-electron chi connectivity index (χ1n) is 7.73. The molecule has 1 fully saturated rings. The maximum Gasteiger partial charge on any atom is 0.241 e. The molecule has 1 aliphatic rings. The number of benzene rings is 2. The van der Waals surface area contributed by atoms with Gasteiger partial charge in [-0.2, -0.15) is 0 Å². The monoisotopic (exact) mass is 282 g/mol. The van der Waals surface area contributed by atoms with Crippen molar-refractivity contribution < 1.29 is 4.79 Å². The number of carbonyl (C=O) groups excluding carboxylic acids is 1. The van der Waals surface area contributed by atoms with Crippen LogP contribution >= 0.6 is 0 Å². The van der Waals surface area contributed by atoms with Crippen LogP contribution in [0, 0.1) is 5.92 Å². The zero-order chi connectivity index (χ0) is 14.7. The molecular formula is C18H22N2O. The fraction of sp³-hybridized carbons (Fsp3) is 0.389. The van der Waals surface area contributed by atoms with Gasteiger partial charge in [-0.3, -0.25) is 4.79 Å². The normalized spacial score (nSPS) is 16.1. The van der Waals surface area contributed by atoms with Crippen LogP contribution in [0.25, 0.3) is 10.8 Å². The van der Waals surface area contributed by atoms with Gasteiger partial charge in [0.05, 0.1) is 6.54 Å². The third kappa shape index (κ3) is 3.18. The molecule has 0 unspecified atom stereocenters. The van der Waals surface area contributed by atoms with Crippen LogP contribution in [0.5, 0.6) is 0 Å². The lowest BCUT2D eigenvalue weighted by Gasteiger charge is -2.30. The minimum atomic E-state index is 0.204. The van der Waals surface area contributed by atoms with Crippen LogP contribution in [0.2, 0.25) is 0 Å². The predicted octanol–water partition coefficient (Wildman–Crippen LogP) is 3.51. The summed E-state index contributed by atoms with van der Waals surface area (Å²) in [6, 6.07) is 14.4. The van der Waals surface area contributed by atoms with Gasteiger partial charge >= 0.3 is 0 Å². The van der Waals surface area contributed by atoms with E-state index in [4.69, 9.17) is 0 Å². The van der Waals surface area contributed by atoms with Crippen LogP contribution in [-0.4, -0.2) is 30.4 Å². The van der Waals surface area contributed by atoms with Crippen molar-refractivity contribution in [3.8, 4) is 0 Å². The lowest BCUT2D eigenvalue weighted by molar-refractivity contribution is -0.130. The van der Waals surface area contributed by atoms with Gasteiger partial charge in [-0.25, -0.2) is 0 Å². The van der Waals surface area contributed by atoms with Crippen LogP contribution < -0.4 is 5.32 Å². The Morgan fingerprint density at radius 3 is 2.67 bits per heavy atom. The molecule has 0 bridgehead atoms. The van der Waals surface area contributed by atoms with E-state index in [1.54, 1.807) is 0 Å². The van der Waals surface area contributed by atoms with Crippen molar-refractivity contribution in [2.24, 2.45) is 5.92 Å². The Morgan fingerprint density at radius 1 is 1.14 bits per heavy atom. The van der Waals surface area contributed by atoms with E-state index in [9.17, 15) is 4.79 Å². The number of likely N-dealkylation sites (tertiary alicyclic amines) is 1. The zero-order valence-electron chi connectivity index (χ0n) is 12.5. The number of carbonyl (C=O) groups is 1. The Labute approximate surface area is 125 Å². The van der Waals surface area contributed by atoms with Gasteiger partial charge in [-0.05, 0) is 30.2 Å². The zero-order valence-corrected chi connectivity index (χ0v) is 12.5.